The van der Waals surface area contributed by atoms with Crippen molar-refractivity contribution in [2.75, 3.05) is 12.3 Å². The van der Waals surface area contributed by atoms with Crippen LogP contribution in [-0.2, 0) is 4.79 Å². The highest BCUT2D eigenvalue weighted by Crippen LogP contribution is 2.23. The van der Waals surface area contributed by atoms with Crippen LogP contribution < -0.4 is 5.73 Å². The molecule has 1 atom stereocenters. The Morgan fingerprint density at radius 2 is 2.17 bits per heavy atom. The molecule has 1 heterocycles. The number of hydrogen-bond donors (Lipinski definition) is 2. The van der Waals surface area contributed by atoms with E-state index < -0.39 is 12.0 Å². The molecule has 0 bridgehead atoms. The van der Waals surface area contributed by atoms with E-state index in [1.54, 1.807) is 25.1 Å². The van der Waals surface area contributed by atoms with Crippen LogP contribution in [0.1, 0.15) is 28.8 Å². The van der Waals surface area contributed by atoms with Crippen LogP contribution in [0.3, 0.4) is 0 Å². The second-order valence-corrected chi connectivity index (χ2v) is 4.51. The molecule has 0 aliphatic carbocycles. The van der Waals surface area contributed by atoms with Crippen LogP contribution in [-0.4, -0.2) is 34.5 Å². The summed E-state index contributed by atoms with van der Waals surface area (Å²) in [6.07, 6.45) is 1.24. The van der Waals surface area contributed by atoms with Gasteiger partial charge in [0, 0.05) is 17.8 Å². The van der Waals surface area contributed by atoms with Gasteiger partial charge in [0.1, 0.15) is 6.04 Å². The van der Waals surface area contributed by atoms with Crippen molar-refractivity contribution >= 4 is 17.6 Å². The van der Waals surface area contributed by atoms with Crippen molar-refractivity contribution in [3.05, 3.63) is 29.3 Å². The van der Waals surface area contributed by atoms with Gasteiger partial charge in [0.2, 0.25) is 0 Å². The number of aliphatic carboxylic acids is 1. The number of hydrogen-bond acceptors (Lipinski definition) is 3. The third-order valence-corrected chi connectivity index (χ3v) is 3.40. The van der Waals surface area contributed by atoms with Gasteiger partial charge in [-0.1, -0.05) is 6.07 Å². The molecule has 18 heavy (non-hydrogen) atoms. The van der Waals surface area contributed by atoms with Gasteiger partial charge in [-0.3, -0.25) is 4.79 Å². The molecule has 1 aromatic rings. The van der Waals surface area contributed by atoms with Gasteiger partial charge in [0.15, 0.2) is 0 Å². The number of carboxylic acid groups (broad SMARTS) is 1. The molecule has 5 heteroatoms. The van der Waals surface area contributed by atoms with Gasteiger partial charge < -0.3 is 15.7 Å². The molecule has 3 N–H and O–H groups in total. The Morgan fingerprint density at radius 3 is 2.83 bits per heavy atom. The van der Waals surface area contributed by atoms with Crippen molar-refractivity contribution < 1.29 is 14.7 Å². The zero-order valence-corrected chi connectivity index (χ0v) is 10.2. The van der Waals surface area contributed by atoms with E-state index in [-0.39, 0.29) is 5.91 Å². The fourth-order valence-corrected chi connectivity index (χ4v) is 2.31. The number of carboxylic acids is 1. The third kappa shape index (κ3) is 2.03. The summed E-state index contributed by atoms with van der Waals surface area (Å²) in [5, 5.41) is 9.08. The summed E-state index contributed by atoms with van der Waals surface area (Å²) in [6.45, 7) is 2.26. The molecule has 0 spiro atoms. The molecule has 2 rings (SSSR count). The number of likely N-dealkylation sites (tertiary alicyclic amines) is 1. The average Bonchev–Trinajstić information content (AvgIpc) is 2.81. The second-order valence-electron chi connectivity index (χ2n) is 4.51. The lowest BCUT2D eigenvalue weighted by Gasteiger charge is -2.22. The third-order valence-electron chi connectivity index (χ3n) is 3.40. The standard InChI is InChI=1S/C13H16N2O3/c1-8-9(4-2-5-10(8)14)12(16)15-7-3-6-11(15)13(17)18/h2,4-5,11H,3,6-7,14H2,1H3,(H,17,18)/t11-/m1/s1. The maximum absolute atomic E-state index is 12.3. The molecule has 1 fully saturated rings. The van der Waals surface area contributed by atoms with Crippen molar-refractivity contribution in [3.63, 3.8) is 0 Å². The minimum Gasteiger partial charge on any atom is -0.480 e. The van der Waals surface area contributed by atoms with Gasteiger partial charge in [-0.15, -0.1) is 0 Å². The molecular weight excluding hydrogens is 232 g/mol. The number of nitrogen functional groups attached to an aromatic ring is 1. The molecule has 1 aliphatic rings. The zero-order valence-electron chi connectivity index (χ0n) is 10.2. The van der Waals surface area contributed by atoms with E-state index in [2.05, 4.69) is 0 Å². The SMILES string of the molecule is Cc1c(N)cccc1C(=O)N1CCC[C@@H]1C(=O)O. The van der Waals surface area contributed by atoms with Crippen LogP contribution >= 0.6 is 0 Å². The number of anilines is 1. The van der Waals surface area contributed by atoms with E-state index in [9.17, 15) is 9.59 Å². The van der Waals surface area contributed by atoms with Crippen LogP contribution in [0.5, 0.6) is 0 Å². The number of benzene rings is 1. The molecule has 1 saturated heterocycles. The minimum atomic E-state index is -0.942. The largest absolute Gasteiger partial charge is 0.480 e. The maximum atomic E-state index is 12.3. The summed E-state index contributed by atoms with van der Waals surface area (Å²) in [7, 11) is 0. The van der Waals surface area contributed by atoms with Gasteiger partial charge in [0.05, 0.1) is 0 Å². The summed E-state index contributed by atoms with van der Waals surface area (Å²) in [5.41, 5.74) is 7.51. The first-order chi connectivity index (χ1) is 8.52. The smallest absolute Gasteiger partial charge is 0.326 e. The fraction of sp³-hybridized carbons (Fsp3) is 0.385. The number of amides is 1. The topological polar surface area (TPSA) is 83.6 Å². The Labute approximate surface area is 105 Å². The number of nitrogens with zero attached hydrogens (tertiary/aromatic N) is 1. The second kappa shape index (κ2) is 4.68. The lowest BCUT2D eigenvalue weighted by atomic mass is 10.1. The summed E-state index contributed by atoms with van der Waals surface area (Å²) < 4.78 is 0. The highest BCUT2D eigenvalue weighted by atomic mass is 16.4. The number of carbonyl (C=O) groups excluding carboxylic acids is 1. The molecule has 0 radical (unpaired) electrons. The molecular formula is C13H16N2O3. The van der Waals surface area contributed by atoms with Gasteiger partial charge in [0.25, 0.3) is 5.91 Å². The molecule has 5 nitrogen and oxygen atoms in total. The van der Waals surface area contributed by atoms with Crippen molar-refractivity contribution in [3.8, 4) is 0 Å². The number of carbonyl (C=O) groups is 2. The Morgan fingerprint density at radius 1 is 1.44 bits per heavy atom. The number of rotatable bonds is 2. The molecule has 0 saturated carbocycles. The average molecular weight is 248 g/mol. The van der Waals surface area contributed by atoms with Crippen molar-refractivity contribution in [1.82, 2.24) is 4.90 Å². The Bertz CT molecular complexity index is 499. The molecule has 0 unspecified atom stereocenters. The van der Waals surface area contributed by atoms with Gasteiger partial charge in [-0.05, 0) is 37.5 Å². The van der Waals surface area contributed by atoms with E-state index in [4.69, 9.17) is 10.8 Å². The predicted octanol–water partition coefficient (Wildman–Crippen LogP) is 1.27. The van der Waals surface area contributed by atoms with Crippen molar-refractivity contribution in [2.45, 2.75) is 25.8 Å². The first kappa shape index (κ1) is 12.4. The van der Waals surface area contributed by atoms with Gasteiger partial charge in [-0.25, -0.2) is 4.79 Å². The van der Waals surface area contributed by atoms with Crippen molar-refractivity contribution in [1.29, 1.82) is 0 Å². The Balaban J connectivity index is 2.31. The van der Waals surface area contributed by atoms with Gasteiger partial charge >= 0.3 is 5.97 Å². The highest BCUT2D eigenvalue weighted by Gasteiger charge is 2.34. The van der Waals surface area contributed by atoms with E-state index in [0.717, 1.165) is 6.42 Å². The fourth-order valence-electron chi connectivity index (χ4n) is 2.31. The quantitative estimate of drug-likeness (QED) is 0.772. The first-order valence-corrected chi connectivity index (χ1v) is 5.91. The monoisotopic (exact) mass is 248 g/mol. The van der Waals surface area contributed by atoms with Crippen LogP contribution in [0.25, 0.3) is 0 Å². The van der Waals surface area contributed by atoms with Crippen LogP contribution in [0.4, 0.5) is 5.69 Å². The van der Waals surface area contributed by atoms with E-state index in [1.165, 1.54) is 4.90 Å². The summed E-state index contributed by atoms with van der Waals surface area (Å²) in [5.74, 6) is -1.19. The number of nitrogens with two attached hydrogens (primary N) is 1. The molecule has 1 aliphatic heterocycles. The van der Waals surface area contributed by atoms with Crippen LogP contribution in [0.15, 0.2) is 18.2 Å². The van der Waals surface area contributed by atoms with Crippen molar-refractivity contribution in [2.24, 2.45) is 0 Å². The van der Waals surface area contributed by atoms with Crippen LogP contribution in [0.2, 0.25) is 0 Å². The summed E-state index contributed by atoms with van der Waals surface area (Å²) in [4.78, 5) is 24.8. The predicted molar refractivity (Wildman–Crippen MR) is 67.3 cm³/mol. The Kier molecular flexibility index (Phi) is 3.23. The van der Waals surface area contributed by atoms with Crippen LogP contribution in [0, 0.1) is 6.92 Å². The molecule has 96 valence electrons. The maximum Gasteiger partial charge on any atom is 0.326 e. The van der Waals surface area contributed by atoms with E-state index in [1.807, 2.05) is 0 Å². The Hall–Kier alpha value is -2.04. The normalized spacial score (nSPS) is 18.9. The summed E-state index contributed by atoms with van der Waals surface area (Å²) >= 11 is 0. The summed E-state index contributed by atoms with van der Waals surface area (Å²) in [6, 6.07) is 4.41. The molecule has 1 aromatic carbocycles. The van der Waals surface area contributed by atoms with Gasteiger partial charge in [-0.2, -0.15) is 0 Å². The van der Waals surface area contributed by atoms with E-state index in [0.29, 0.717) is 29.8 Å². The first-order valence-electron chi connectivity index (χ1n) is 5.91. The zero-order chi connectivity index (χ0) is 13.3. The lowest BCUT2D eigenvalue weighted by Crippen LogP contribution is -2.40. The highest BCUT2D eigenvalue weighted by molar-refractivity contribution is 5.99. The molecule has 1 amide bonds. The minimum absolute atomic E-state index is 0.246. The van der Waals surface area contributed by atoms with E-state index >= 15 is 0 Å². The molecule has 0 aromatic heterocycles. The lowest BCUT2D eigenvalue weighted by molar-refractivity contribution is -0.141.